The highest BCUT2D eigenvalue weighted by Gasteiger charge is 2.16. The summed E-state index contributed by atoms with van der Waals surface area (Å²) < 4.78 is 6.15. The Bertz CT molecular complexity index is 407. The van der Waals surface area contributed by atoms with Gasteiger partial charge in [-0.15, -0.1) is 0 Å². The minimum absolute atomic E-state index is 0.0725. The van der Waals surface area contributed by atoms with Crippen LogP contribution in [0.15, 0.2) is 22.7 Å². The SMILES string of the molecule is CC(C)C(C)OCc1cccc([N+](=O)[O-])c1Br. The van der Waals surface area contributed by atoms with Crippen LogP contribution in [-0.4, -0.2) is 11.0 Å². The summed E-state index contributed by atoms with van der Waals surface area (Å²) in [4.78, 5) is 10.4. The number of ether oxygens (including phenoxy) is 1. The van der Waals surface area contributed by atoms with E-state index in [2.05, 4.69) is 29.8 Å². The van der Waals surface area contributed by atoms with Crippen LogP contribution in [0.25, 0.3) is 0 Å². The summed E-state index contributed by atoms with van der Waals surface area (Å²) in [5.41, 5.74) is 0.870. The third kappa shape index (κ3) is 3.78. The fraction of sp³-hybridized carbons (Fsp3) is 0.500. The van der Waals surface area contributed by atoms with Crippen molar-refractivity contribution >= 4 is 21.6 Å². The van der Waals surface area contributed by atoms with Gasteiger partial charge in [0, 0.05) is 6.07 Å². The molecule has 0 aliphatic carbocycles. The molecule has 94 valence electrons. The number of nitrogens with zero attached hydrogens (tertiary/aromatic N) is 1. The highest BCUT2D eigenvalue weighted by Crippen LogP contribution is 2.29. The first kappa shape index (κ1) is 14.1. The molecule has 17 heavy (non-hydrogen) atoms. The maximum Gasteiger partial charge on any atom is 0.283 e. The van der Waals surface area contributed by atoms with E-state index in [0.29, 0.717) is 17.0 Å². The molecule has 1 rings (SSSR count). The molecule has 0 aliphatic heterocycles. The van der Waals surface area contributed by atoms with Gasteiger partial charge in [-0.2, -0.15) is 0 Å². The van der Waals surface area contributed by atoms with E-state index in [9.17, 15) is 10.1 Å². The lowest BCUT2D eigenvalue weighted by Crippen LogP contribution is -2.15. The third-order valence-electron chi connectivity index (χ3n) is 2.70. The summed E-state index contributed by atoms with van der Waals surface area (Å²) in [6.07, 6.45) is 0.126. The summed E-state index contributed by atoms with van der Waals surface area (Å²) >= 11 is 3.25. The average molecular weight is 302 g/mol. The number of halogens is 1. The molecular formula is C12H16BrNO3. The fourth-order valence-corrected chi connectivity index (χ4v) is 1.76. The predicted octanol–water partition coefficient (Wildman–Crippen LogP) is 3.92. The largest absolute Gasteiger partial charge is 0.374 e. The van der Waals surface area contributed by atoms with E-state index in [4.69, 9.17) is 4.74 Å². The second-order valence-corrected chi connectivity index (χ2v) is 5.06. The molecule has 4 nitrogen and oxygen atoms in total. The van der Waals surface area contributed by atoms with Gasteiger partial charge in [-0.25, -0.2) is 0 Å². The van der Waals surface area contributed by atoms with Crippen molar-refractivity contribution in [1.29, 1.82) is 0 Å². The van der Waals surface area contributed by atoms with Crippen LogP contribution < -0.4 is 0 Å². The molecule has 0 saturated carbocycles. The molecule has 1 unspecified atom stereocenters. The molecular weight excluding hydrogens is 286 g/mol. The topological polar surface area (TPSA) is 52.4 Å². The van der Waals surface area contributed by atoms with Crippen molar-refractivity contribution in [2.24, 2.45) is 5.92 Å². The van der Waals surface area contributed by atoms with E-state index in [1.54, 1.807) is 6.07 Å². The standard InChI is InChI=1S/C12H16BrNO3/c1-8(2)9(3)17-7-10-5-4-6-11(12(10)13)14(15)16/h4-6,8-9H,7H2,1-3H3. The van der Waals surface area contributed by atoms with Crippen LogP contribution in [0.2, 0.25) is 0 Å². The number of nitro benzene ring substituents is 1. The Morgan fingerprint density at radius 3 is 2.59 bits per heavy atom. The Hall–Kier alpha value is -0.940. The molecule has 0 heterocycles. The zero-order chi connectivity index (χ0) is 13.0. The molecule has 0 aromatic heterocycles. The van der Waals surface area contributed by atoms with Gasteiger partial charge in [-0.1, -0.05) is 26.0 Å². The average Bonchev–Trinajstić information content (AvgIpc) is 2.26. The highest BCUT2D eigenvalue weighted by molar-refractivity contribution is 9.10. The molecule has 1 aromatic carbocycles. The van der Waals surface area contributed by atoms with Gasteiger partial charge in [0.25, 0.3) is 5.69 Å². The van der Waals surface area contributed by atoms with E-state index in [-0.39, 0.29) is 11.8 Å². The van der Waals surface area contributed by atoms with E-state index in [1.807, 2.05) is 13.0 Å². The Morgan fingerprint density at radius 1 is 1.41 bits per heavy atom. The van der Waals surface area contributed by atoms with E-state index >= 15 is 0 Å². The van der Waals surface area contributed by atoms with Crippen molar-refractivity contribution in [3.05, 3.63) is 38.3 Å². The van der Waals surface area contributed by atoms with Gasteiger partial charge >= 0.3 is 0 Å². The van der Waals surface area contributed by atoms with Gasteiger partial charge in [0.15, 0.2) is 0 Å². The van der Waals surface area contributed by atoms with Crippen LogP contribution >= 0.6 is 15.9 Å². The maximum atomic E-state index is 10.8. The minimum atomic E-state index is -0.403. The second-order valence-electron chi connectivity index (χ2n) is 4.27. The van der Waals surface area contributed by atoms with Crippen molar-refractivity contribution in [3.63, 3.8) is 0 Å². The first-order valence-corrected chi connectivity index (χ1v) is 6.26. The van der Waals surface area contributed by atoms with Crippen molar-refractivity contribution in [2.45, 2.75) is 33.5 Å². The van der Waals surface area contributed by atoms with Gasteiger partial charge < -0.3 is 4.74 Å². The first-order chi connectivity index (χ1) is 7.93. The zero-order valence-electron chi connectivity index (χ0n) is 10.1. The summed E-state index contributed by atoms with van der Waals surface area (Å²) in [5.74, 6) is 0.424. The fourth-order valence-electron chi connectivity index (χ4n) is 1.23. The molecule has 1 aromatic rings. The van der Waals surface area contributed by atoms with Gasteiger partial charge in [0.1, 0.15) is 4.47 Å². The second kappa shape index (κ2) is 6.12. The molecule has 0 bridgehead atoms. The van der Waals surface area contributed by atoms with Gasteiger partial charge in [-0.05, 0) is 34.3 Å². The Labute approximate surface area is 109 Å². The first-order valence-electron chi connectivity index (χ1n) is 5.47. The van der Waals surface area contributed by atoms with Crippen LogP contribution in [0.1, 0.15) is 26.3 Å². The van der Waals surface area contributed by atoms with Crippen LogP contribution in [-0.2, 0) is 11.3 Å². The number of hydrogen-bond acceptors (Lipinski definition) is 3. The van der Waals surface area contributed by atoms with E-state index < -0.39 is 4.92 Å². The molecule has 1 atom stereocenters. The molecule has 0 aliphatic rings. The van der Waals surface area contributed by atoms with Crippen molar-refractivity contribution in [3.8, 4) is 0 Å². The van der Waals surface area contributed by atoms with Crippen molar-refractivity contribution in [2.75, 3.05) is 0 Å². The lowest BCUT2D eigenvalue weighted by molar-refractivity contribution is -0.385. The van der Waals surface area contributed by atoms with Gasteiger partial charge in [0.2, 0.25) is 0 Å². The number of benzene rings is 1. The summed E-state index contributed by atoms with van der Waals surface area (Å²) in [7, 11) is 0. The van der Waals surface area contributed by atoms with E-state index in [0.717, 1.165) is 5.56 Å². The van der Waals surface area contributed by atoms with Crippen LogP contribution in [0.3, 0.4) is 0 Å². The van der Waals surface area contributed by atoms with Crippen LogP contribution in [0.4, 0.5) is 5.69 Å². The summed E-state index contributed by atoms with van der Waals surface area (Å²) in [6.45, 7) is 6.53. The van der Waals surface area contributed by atoms with Gasteiger partial charge in [-0.3, -0.25) is 10.1 Å². The summed E-state index contributed by atoms with van der Waals surface area (Å²) in [6, 6.07) is 4.96. The van der Waals surface area contributed by atoms with Crippen LogP contribution in [0.5, 0.6) is 0 Å². The Balaban J connectivity index is 2.79. The molecule has 5 heteroatoms. The van der Waals surface area contributed by atoms with E-state index in [1.165, 1.54) is 6.07 Å². The lowest BCUT2D eigenvalue weighted by Gasteiger charge is -2.17. The smallest absolute Gasteiger partial charge is 0.283 e. The van der Waals surface area contributed by atoms with Crippen molar-refractivity contribution in [1.82, 2.24) is 0 Å². The zero-order valence-corrected chi connectivity index (χ0v) is 11.7. The molecule has 0 N–H and O–H groups in total. The van der Waals surface area contributed by atoms with Crippen molar-refractivity contribution < 1.29 is 9.66 Å². The molecule has 0 fully saturated rings. The molecule has 0 saturated heterocycles. The molecule has 0 spiro atoms. The third-order valence-corrected chi connectivity index (χ3v) is 3.61. The number of rotatable bonds is 5. The normalized spacial score (nSPS) is 12.8. The summed E-state index contributed by atoms with van der Waals surface area (Å²) in [5, 5.41) is 10.8. The predicted molar refractivity (Wildman–Crippen MR) is 69.9 cm³/mol. The monoisotopic (exact) mass is 301 g/mol. The molecule has 0 radical (unpaired) electrons. The number of hydrogen-bond donors (Lipinski definition) is 0. The molecule has 0 amide bonds. The van der Waals surface area contributed by atoms with Gasteiger partial charge in [0.05, 0.1) is 17.6 Å². The minimum Gasteiger partial charge on any atom is -0.374 e. The Morgan fingerprint density at radius 2 is 2.06 bits per heavy atom. The quantitative estimate of drug-likeness (QED) is 0.612. The van der Waals surface area contributed by atoms with Crippen LogP contribution in [0, 0.1) is 16.0 Å². The highest BCUT2D eigenvalue weighted by atomic mass is 79.9. The number of nitro groups is 1. The maximum absolute atomic E-state index is 10.8. The Kier molecular flexibility index (Phi) is 5.08. The lowest BCUT2D eigenvalue weighted by atomic mass is 10.1.